The third-order valence-electron chi connectivity index (χ3n) is 3.63. The minimum atomic E-state index is -0.543. The van der Waals surface area contributed by atoms with Gasteiger partial charge in [0, 0.05) is 0 Å². The fourth-order valence-electron chi connectivity index (χ4n) is 2.36. The van der Waals surface area contributed by atoms with Crippen molar-refractivity contribution in [1.82, 2.24) is 5.32 Å². The second-order valence-electron chi connectivity index (χ2n) is 5.58. The quantitative estimate of drug-likeness (QED) is 0.721. The molecule has 0 bridgehead atoms. The number of ether oxygens (including phenoxy) is 2. The van der Waals surface area contributed by atoms with Crippen LogP contribution < -0.4 is 20.1 Å². The molecule has 144 valence electrons. The Hall–Kier alpha value is -3.33. The van der Waals surface area contributed by atoms with Crippen LogP contribution in [0.1, 0.15) is 5.56 Å². The minimum absolute atomic E-state index is 0.0620. The van der Waals surface area contributed by atoms with E-state index in [9.17, 15) is 18.8 Å². The average molecular weight is 402 g/mol. The number of nitrogens with one attached hydrogen (secondary N) is 2. The van der Waals surface area contributed by atoms with Crippen LogP contribution >= 0.6 is 11.8 Å². The third-order valence-corrected chi connectivity index (χ3v) is 4.44. The van der Waals surface area contributed by atoms with Gasteiger partial charge in [0.1, 0.15) is 5.82 Å². The van der Waals surface area contributed by atoms with E-state index in [0.717, 1.165) is 11.8 Å². The van der Waals surface area contributed by atoms with E-state index in [0.29, 0.717) is 17.1 Å². The van der Waals surface area contributed by atoms with Crippen molar-refractivity contribution in [2.75, 3.05) is 19.0 Å². The van der Waals surface area contributed by atoms with Gasteiger partial charge in [-0.15, -0.1) is 0 Å². The van der Waals surface area contributed by atoms with E-state index in [1.54, 1.807) is 30.3 Å². The first kappa shape index (κ1) is 19.4. The molecule has 0 radical (unpaired) electrons. The minimum Gasteiger partial charge on any atom is -0.493 e. The van der Waals surface area contributed by atoms with Gasteiger partial charge in [0.2, 0.25) is 0 Å². The molecule has 1 heterocycles. The van der Waals surface area contributed by atoms with Crippen molar-refractivity contribution in [2.24, 2.45) is 0 Å². The SMILES string of the molecule is COc1cc(/C=C2\SC(=O)NC2=O)ccc1OCC(=O)Nc1ccccc1F. The lowest BCUT2D eigenvalue weighted by Gasteiger charge is -2.12. The smallest absolute Gasteiger partial charge is 0.290 e. The number of methoxy groups -OCH3 is 1. The molecule has 1 saturated heterocycles. The zero-order valence-electron chi connectivity index (χ0n) is 14.7. The van der Waals surface area contributed by atoms with Crippen molar-refractivity contribution in [1.29, 1.82) is 0 Å². The number of rotatable bonds is 6. The number of thioether (sulfide) groups is 1. The highest BCUT2D eigenvalue weighted by molar-refractivity contribution is 8.18. The number of amides is 3. The third kappa shape index (κ3) is 4.68. The molecule has 1 aliphatic heterocycles. The molecule has 0 aliphatic carbocycles. The summed E-state index contributed by atoms with van der Waals surface area (Å²) in [4.78, 5) is 35.1. The molecule has 0 aromatic heterocycles. The van der Waals surface area contributed by atoms with Crippen LogP contribution in [0.2, 0.25) is 0 Å². The summed E-state index contributed by atoms with van der Waals surface area (Å²) in [6.45, 7) is -0.349. The lowest BCUT2D eigenvalue weighted by Crippen LogP contribution is -2.20. The van der Waals surface area contributed by atoms with E-state index in [1.807, 2.05) is 0 Å². The number of anilines is 1. The molecule has 1 aliphatic rings. The average Bonchev–Trinajstić information content (AvgIpc) is 2.99. The molecular formula is C19H15FN2O5S. The predicted molar refractivity (Wildman–Crippen MR) is 103 cm³/mol. The van der Waals surface area contributed by atoms with E-state index in [4.69, 9.17) is 9.47 Å². The molecule has 0 atom stereocenters. The van der Waals surface area contributed by atoms with Gasteiger partial charge >= 0.3 is 0 Å². The first-order valence-corrected chi connectivity index (χ1v) is 8.88. The lowest BCUT2D eigenvalue weighted by atomic mass is 10.2. The zero-order chi connectivity index (χ0) is 20.1. The van der Waals surface area contributed by atoms with Crippen molar-refractivity contribution in [3.8, 4) is 11.5 Å². The van der Waals surface area contributed by atoms with Gasteiger partial charge < -0.3 is 14.8 Å². The molecule has 9 heteroatoms. The van der Waals surface area contributed by atoms with Gasteiger partial charge in [-0.1, -0.05) is 18.2 Å². The highest BCUT2D eigenvalue weighted by Crippen LogP contribution is 2.31. The Balaban J connectivity index is 1.67. The second kappa shape index (κ2) is 8.57. The van der Waals surface area contributed by atoms with Crippen molar-refractivity contribution in [3.63, 3.8) is 0 Å². The number of hydrogen-bond acceptors (Lipinski definition) is 6. The zero-order valence-corrected chi connectivity index (χ0v) is 15.5. The maximum atomic E-state index is 13.6. The monoisotopic (exact) mass is 402 g/mol. The van der Waals surface area contributed by atoms with Gasteiger partial charge in [-0.25, -0.2) is 4.39 Å². The van der Waals surface area contributed by atoms with Crippen LogP contribution in [0.15, 0.2) is 47.4 Å². The molecular weight excluding hydrogens is 387 g/mol. The Labute approximate surface area is 163 Å². The van der Waals surface area contributed by atoms with Gasteiger partial charge in [-0.3, -0.25) is 19.7 Å². The lowest BCUT2D eigenvalue weighted by molar-refractivity contribution is -0.118. The summed E-state index contributed by atoms with van der Waals surface area (Å²) in [5.74, 6) is -0.899. The molecule has 7 nitrogen and oxygen atoms in total. The predicted octanol–water partition coefficient (Wildman–Crippen LogP) is 3.18. The van der Waals surface area contributed by atoms with Crippen LogP contribution in [-0.4, -0.2) is 30.8 Å². The van der Waals surface area contributed by atoms with Crippen LogP contribution in [0, 0.1) is 5.82 Å². The van der Waals surface area contributed by atoms with Crippen LogP contribution in [-0.2, 0) is 9.59 Å². The largest absolute Gasteiger partial charge is 0.493 e. The summed E-state index contributed by atoms with van der Waals surface area (Å²) in [7, 11) is 1.43. The van der Waals surface area contributed by atoms with E-state index in [-0.39, 0.29) is 17.2 Å². The molecule has 0 unspecified atom stereocenters. The highest BCUT2D eigenvalue weighted by Gasteiger charge is 2.25. The van der Waals surface area contributed by atoms with Gasteiger partial charge in [-0.2, -0.15) is 0 Å². The van der Waals surface area contributed by atoms with Gasteiger partial charge in [0.05, 0.1) is 17.7 Å². The maximum Gasteiger partial charge on any atom is 0.290 e. The van der Waals surface area contributed by atoms with Crippen molar-refractivity contribution in [3.05, 3.63) is 58.8 Å². The summed E-state index contributed by atoms with van der Waals surface area (Å²) in [5, 5.41) is 4.16. The van der Waals surface area contributed by atoms with Crippen LogP contribution in [0.5, 0.6) is 11.5 Å². The van der Waals surface area contributed by atoms with Gasteiger partial charge in [0.15, 0.2) is 18.1 Å². The highest BCUT2D eigenvalue weighted by atomic mass is 32.2. The van der Waals surface area contributed by atoms with E-state index in [1.165, 1.54) is 25.3 Å². The summed E-state index contributed by atoms with van der Waals surface area (Å²) in [6, 6.07) is 10.6. The van der Waals surface area contributed by atoms with E-state index < -0.39 is 22.9 Å². The number of imide groups is 1. The summed E-state index contributed by atoms with van der Waals surface area (Å²) < 4.78 is 24.3. The first-order valence-electron chi connectivity index (χ1n) is 8.06. The summed E-state index contributed by atoms with van der Waals surface area (Å²) in [5.41, 5.74) is 0.680. The van der Waals surface area contributed by atoms with Crippen LogP contribution in [0.3, 0.4) is 0 Å². The summed E-state index contributed by atoms with van der Waals surface area (Å²) in [6.07, 6.45) is 1.54. The molecule has 3 amide bonds. The number of carbonyl (C=O) groups is 3. The molecule has 2 aromatic rings. The Morgan fingerprint density at radius 2 is 2.00 bits per heavy atom. The Morgan fingerprint density at radius 3 is 2.68 bits per heavy atom. The van der Waals surface area contributed by atoms with Crippen LogP contribution in [0.4, 0.5) is 14.9 Å². The van der Waals surface area contributed by atoms with Crippen molar-refractivity contribution < 1.29 is 28.2 Å². The molecule has 1 fully saturated rings. The molecule has 2 N–H and O–H groups in total. The van der Waals surface area contributed by atoms with E-state index >= 15 is 0 Å². The normalized spacial score (nSPS) is 14.7. The Morgan fingerprint density at radius 1 is 1.21 bits per heavy atom. The number of hydrogen-bond donors (Lipinski definition) is 2. The second-order valence-corrected chi connectivity index (χ2v) is 6.59. The summed E-state index contributed by atoms with van der Waals surface area (Å²) >= 11 is 0.808. The molecule has 3 rings (SSSR count). The van der Waals surface area contributed by atoms with Crippen molar-refractivity contribution in [2.45, 2.75) is 0 Å². The molecule has 0 saturated carbocycles. The van der Waals surface area contributed by atoms with Gasteiger partial charge in [0.25, 0.3) is 17.1 Å². The molecule has 28 heavy (non-hydrogen) atoms. The van der Waals surface area contributed by atoms with Crippen LogP contribution in [0.25, 0.3) is 6.08 Å². The topological polar surface area (TPSA) is 93.7 Å². The number of halogens is 1. The maximum absolute atomic E-state index is 13.6. The van der Waals surface area contributed by atoms with Crippen molar-refractivity contribution >= 4 is 40.6 Å². The number of para-hydroxylation sites is 1. The standard InChI is InChI=1S/C19H15FN2O5S/c1-26-15-8-11(9-16-18(24)22-19(25)28-16)6-7-14(15)27-10-17(23)21-13-5-3-2-4-12(13)20/h2-9H,10H2,1H3,(H,21,23)(H,22,24,25)/b16-9-. The molecule has 0 spiro atoms. The molecule has 2 aromatic carbocycles. The Bertz CT molecular complexity index is 977. The number of carbonyl (C=O) groups excluding carboxylic acids is 3. The fourth-order valence-corrected chi connectivity index (χ4v) is 3.04. The number of benzene rings is 2. The Kier molecular flexibility index (Phi) is 5.95. The van der Waals surface area contributed by atoms with E-state index in [2.05, 4.69) is 10.6 Å². The fraction of sp³-hybridized carbons (Fsp3) is 0.105. The first-order chi connectivity index (χ1) is 13.5. The van der Waals surface area contributed by atoms with Gasteiger partial charge in [-0.05, 0) is 47.7 Å².